The average molecular weight is 2060 g/mol. The summed E-state index contributed by atoms with van der Waals surface area (Å²) in [5.74, 6) is -3.74. The van der Waals surface area contributed by atoms with E-state index in [9.17, 15) is 64.7 Å². The summed E-state index contributed by atoms with van der Waals surface area (Å²) in [5.41, 5.74) is 7.70. The Morgan fingerprint density at radius 1 is 0.430 bits per heavy atom. The molecule has 7 saturated carbocycles. The minimum atomic E-state index is -4.99. The molecule has 1 N–H and O–H groups in total. The SMILES string of the molecule is CC.CC1(C)OB(c2cnn(C3CC3)c2)OC1(C)C.COC(=O)Cl.COC(=O)N1c2ccc(-c3cnn(C4CC4)c3)cc2N(C(=O)OC2CCCC2)C[C@@H]1C.C[C@H]1CCc2cc(Br)ccc2N1C(=O)C(F)(F)F.C[C@H]1CN(C(=O)OC2CCCC2)c2cc(-c3cnn(C4CC4)c3)ccc2N1.C[C@H]1CN(C(=O)OC2CCCC2)c2cc(Br)ccc2N1C(=O)C(F)(F)F.O=C(Cl)OC1CCCC1. The number of anilines is 7. The van der Waals surface area contributed by atoms with Gasteiger partial charge in [0.1, 0.15) is 24.4 Å². The molecule has 12 aliphatic rings. The Balaban J connectivity index is 0.000000148. The number of halogens is 10. The first-order valence-electron chi connectivity index (χ1n) is 46.5. The number of aryl methyl sites for hydroxylation is 1. The van der Waals surface area contributed by atoms with Crippen molar-refractivity contribution in [2.75, 3.05) is 68.6 Å². The fraction of sp³-hybridized carbons (Fsp3) is 0.568. The highest BCUT2D eigenvalue weighted by molar-refractivity contribution is 9.10. The van der Waals surface area contributed by atoms with Crippen molar-refractivity contribution in [2.45, 2.75) is 314 Å². The molecule has 4 atom stereocenters. The Labute approximate surface area is 810 Å². The lowest BCUT2D eigenvalue weighted by atomic mass is 9.82. The van der Waals surface area contributed by atoms with Gasteiger partial charge in [0.05, 0.1) is 109 Å². The molecule has 0 bridgehead atoms. The number of benzene rings is 4. The molecule has 4 aromatic carbocycles. The monoisotopic (exact) mass is 2050 g/mol. The van der Waals surface area contributed by atoms with Gasteiger partial charge in [0.2, 0.25) is 0 Å². The van der Waals surface area contributed by atoms with Crippen molar-refractivity contribution in [3.8, 4) is 22.3 Å². The van der Waals surface area contributed by atoms with Gasteiger partial charge in [-0.15, -0.1) is 0 Å². The van der Waals surface area contributed by atoms with Gasteiger partial charge in [-0.25, -0.2) is 28.8 Å². The van der Waals surface area contributed by atoms with Crippen molar-refractivity contribution in [3.05, 3.63) is 124 Å². The number of hydrogen-bond donors (Lipinski definition) is 1. The lowest BCUT2D eigenvalue weighted by Crippen LogP contribution is -2.55. The first kappa shape index (κ1) is 104. The lowest BCUT2D eigenvalue weighted by molar-refractivity contribution is -0.171. The summed E-state index contributed by atoms with van der Waals surface area (Å²) in [6.07, 6.45) is 25.0. The summed E-state index contributed by atoms with van der Waals surface area (Å²) >= 11 is 16.1. The van der Waals surface area contributed by atoms with Crippen LogP contribution in [-0.4, -0.2) is 189 Å². The number of carbonyl (C=O) groups is 8. The predicted molar refractivity (Wildman–Crippen MR) is 511 cm³/mol. The Hall–Kier alpha value is -9.63. The minimum Gasteiger partial charge on any atom is -0.457 e. The molecule has 734 valence electrons. The van der Waals surface area contributed by atoms with Gasteiger partial charge in [-0.1, -0.05) is 57.8 Å². The number of methoxy groups -OCH3 is 2. The minimum absolute atomic E-state index is 0.0233. The molecule has 8 fully saturated rings. The summed E-state index contributed by atoms with van der Waals surface area (Å²) in [7, 11) is 2.30. The van der Waals surface area contributed by atoms with Crippen LogP contribution in [0.25, 0.3) is 22.3 Å². The molecule has 40 heteroatoms. The van der Waals surface area contributed by atoms with Crippen LogP contribution in [0.4, 0.5) is 94.9 Å². The number of aromatic nitrogens is 6. The maximum Gasteiger partial charge on any atom is 0.498 e. The third-order valence-corrected chi connectivity index (χ3v) is 26.9. The average Bonchev–Trinajstić information content (AvgIpc) is 1.71. The fourth-order valence-electron chi connectivity index (χ4n) is 17.5. The van der Waals surface area contributed by atoms with E-state index >= 15 is 0 Å². The third-order valence-electron chi connectivity index (χ3n) is 25.7. The van der Waals surface area contributed by atoms with Crippen LogP contribution in [0, 0.1) is 0 Å². The first-order chi connectivity index (χ1) is 64.1. The van der Waals surface area contributed by atoms with E-state index in [1.54, 1.807) is 39.8 Å². The summed E-state index contributed by atoms with van der Waals surface area (Å²) in [6, 6.07) is 21.8. The highest BCUT2D eigenvalue weighted by atomic mass is 79.9. The molecule has 29 nitrogen and oxygen atoms in total. The molecule has 0 spiro atoms. The Morgan fingerprint density at radius 2 is 0.807 bits per heavy atom. The maximum atomic E-state index is 13.1. The number of hydrogen-bond acceptors (Lipinski definition) is 20. The van der Waals surface area contributed by atoms with Crippen LogP contribution in [0.1, 0.15) is 241 Å². The number of nitrogens with one attached hydrogen (secondary N) is 1. The zero-order chi connectivity index (χ0) is 97.7. The zero-order valence-electron chi connectivity index (χ0n) is 78.1. The molecule has 0 radical (unpaired) electrons. The molecule has 1 saturated heterocycles. The maximum absolute atomic E-state index is 13.1. The zero-order valence-corrected chi connectivity index (χ0v) is 82.8. The first-order valence-corrected chi connectivity index (χ1v) is 48.8. The van der Waals surface area contributed by atoms with Crippen LogP contribution in [0.5, 0.6) is 0 Å². The molecule has 7 aromatic rings. The lowest BCUT2D eigenvalue weighted by Gasteiger charge is -2.41. The number of carbonyl (C=O) groups excluding carboxylic acids is 8. The second kappa shape index (κ2) is 45.8. The van der Waals surface area contributed by atoms with Crippen LogP contribution >= 0.6 is 55.1 Å². The van der Waals surface area contributed by atoms with Crippen molar-refractivity contribution >= 4 is 154 Å². The number of nitrogens with zero attached hydrogens (tertiary/aromatic N) is 12. The van der Waals surface area contributed by atoms with Gasteiger partial charge in [0.25, 0.3) is 0 Å². The van der Waals surface area contributed by atoms with E-state index in [1.165, 1.54) is 69.9 Å². The number of amides is 6. The molecule has 135 heavy (non-hydrogen) atoms. The van der Waals surface area contributed by atoms with Gasteiger partial charge in [-0.05, 0) is 287 Å². The number of rotatable bonds is 10. The molecule has 3 aromatic heterocycles. The fourth-order valence-corrected chi connectivity index (χ4v) is 18.4. The van der Waals surface area contributed by atoms with E-state index in [2.05, 4.69) is 139 Å². The highest BCUT2D eigenvalue weighted by Crippen LogP contribution is 2.47. The smallest absolute Gasteiger partial charge is 0.457 e. The van der Waals surface area contributed by atoms with Crippen molar-refractivity contribution in [3.63, 3.8) is 0 Å². The number of ether oxygens (including phenoxy) is 6. The van der Waals surface area contributed by atoms with Gasteiger partial charge in [-0.3, -0.25) is 48.1 Å². The molecule has 5 aliphatic heterocycles. The van der Waals surface area contributed by atoms with Crippen molar-refractivity contribution < 1.29 is 102 Å². The normalized spacial score (nSPS) is 20.9. The number of alkyl halides is 6. The highest BCUT2D eigenvalue weighted by Gasteiger charge is 2.53. The van der Waals surface area contributed by atoms with E-state index in [4.69, 9.17) is 44.6 Å². The van der Waals surface area contributed by atoms with Crippen molar-refractivity contribution in [2.24, 2.45) is 0 Å². The van der Waals surface area contributed by atoms with Gasteiger partial charge in [0.15, 0.2) is 0 Å². The molecular formula is C95H120BBr2Cl2F6N13O16. The van der Waals surface area contributed by atoms with E-state index in [0.717, 1.165) is 170 Å². The Bertz CT molecular complexity index is 5270. The van der Waals surface area contributed by atoms with Crippen LogP contribution in [0.3, 0.4) is 0 Å². The van der Waals surface area contributed by atoms with Gasteiger partial charge < -0.3 is 47.9 Å². The largest absolute Gasteiger partial charge is 0.498 e. The number of fused-ring (bicyclic) bond motifs is 4. The van der Waals surface area contributed by atoms with Crippen LogP contribution in [0.15, 0.2) is 119 Å². The van der Waals surface area contributed by atoms with Crippen molar-refractivity contribution in [1.82, 2.24) is 29.3 Å². The van der Waals surface area contributed by atoms with Crippen LogP contribution in [-0.2, 0) is 53.7 Å². The molecule has 8 heterocycles. The summed E-state index contributed by atoms with van der Waals surface area (Å²) in [5, 5.41) is 16.8. The third kappa shape index (κ3) is 27.1. The standard InChI is InChI=1S/C23H28N4O4.C21H26N4O2.C17H18BrF3N2O3.C12H19BN2O2.C12H11BrF3NO.C6H9ClO2.C2H3ClO2.C2H6/c1-15-13-25(22(28)31-19-5-3-4-6-19)21-11-16(7-10-20(21)27(15)23(29)30-2)17-12-24-26(14-17)18-8-9-18;1-14-12-24(21(26)27-18-4-2-3-5-18)20-10-15(6-9-19(20)23-14)16-11-22-25(13-16)17-7-8-17;1-10-9-22(16(25)26-12-4-2-3-5-12)14-8-11(18)6-7-13(14)23(10)15(24)17(19,20)21;1-11(2)12(3,4)17-13(16-11)9-7-14-15(8-9)10-5-6-10;1-7-2-3-8-6-9(13)4-5-10(8)17(7)11(18)12(14,15)16;7-6(8)9-5-3-1-2-4-5;1-5-2(3)4;1-2/h7,10-12,14-15,18-19H,3-6,8-9,13H2,1-2H3;6,9-11,13-14,17-18,23H,2-5,7-8,12H2,1H3;6-8,10,12H,2-5,9H2,1H3;7-8,10H,5-6H2,1-4H3;4-7H,2-3H2,1H3;5H,1-4H2;1H3;1-2H3/t15-;14-;10-;;7-;;;/m000.0.../s1. The Kier molecular flexibility index (Phi) is 35.4. The quantitative estimate of drug-likeness (QED) is 0.0576. The van der Waals surface area contributed by atoms with Gasteiger partial charge >= 0.3 is 66.5 Å². The second-order valence-electron chi connectivity index (χ2n) is 36.5. The summed E-state index contributed by atoms with van der Waals surface area (Å²) in [6.45, 7) is 20.3. The second-order valence-corrected chi connectivity index (χ2v) is 39.0. The van der Waals surface area contributed by atoms with E-state index < -0.39 is 59.3 Å². The van der Waals surface area contributed by atoms with Gasteiger partial charge in [0, 0.05) is 104 Å². The molecule has 0 unspecified atom stereocenters. The molecule has 6 amide bonds. The topological polar surface area (TPSA) is 295 Å². The predicted octanol–water partition coefficient (Wildman–Crippen LogP) is 23.5. The molecule has 7 aliphatic carbocycles. The molecular weight excluding hydrogens is 1930 g/mol. The van der Waals surface area contributed by atoms with Crippen LogP contribution in [0.2, 0.25) is 0 Å². The summed E-state index contributed by atoms with van der Waals surface area (Å²) in [4.78, 5) is 102. The van der Waals surface area contributed by atoms with Crippen LogP contribution < -0.4 is 40.2 Å². The molecule has 19 rings (SSSR count). The summed E-state index contributed by atoms with van der Waals surface area (Å²) < 4.78 is 127. The van der Waals surface area contributed by atoms with E-state index in [1.807, 2.05) is 73.1 Å². The van der Waals surface area contributed by atoms with Gasteiger partial charge in [-0.2, -0.15) is 41.6 Å². The Morgan fingerprint density at radius 3 is 1.24 bits per heavy atom. The van der Waals surface area contributed by atoms with Crippen molar-refractivity contribution in [1.29, 1.82) is 0 Å². The van der Waals surface area contributed by atoms with E-state index in [-0.39, 0.29) is 84.9 Å². The van der Waals surface area contributed by atoms with E-state index in [0.29, 0.717) is 70.5 Å².